The predicted octanol–water partition coefficient (Wildman–Crippen LogP) is 3.66. The van der Waals surface area contributed by atoms with Crippen LogP contribution in [0.5, 0.6) is 0 Å². The Hall–Kier alpha value is -0.330. The highest BCUT2D eigenvalue weighted by atomic mass is 127. The fourth-order valence-corrected chi connectivity index (χ4v) is 3.11. The van der Waals surface area contributed by atoms with Crippen LogP contribution in [0.3, 0.4) is 0 Å². The summed E-state index contributed by atoms with van der Waals surface area (Å²) in [5.41, 5.74) is 1.07. The van der Waals surface area contributed by atoms with Crippen molar-refractivity contribution in [1.82, 2.24) is 0 Å². The molecule has 20 heavy (non-hydrogen) atoms. The van der Waals surface area contributed by atoms with E-state index in [1.54, 1.807) is 0 Å². The van der Waals surface area contributed by atoms with E-state index in [9.17, 15) is 5.11 Å². The van der Waals surface area contributed by atoms with Gasteiger partial charge in [-0.05, 0) is 66.3 Å². The minimum atomic E-state index is -0.453. The zero-order chi connectivity index (χ0) is 14.4. The van der Waals surface area contributed by atoms with E-state index in [2.05, 4.69) is 40.9 Å². The molecule has 0 aromatic heterocycles. The molecule has 0 saturated heterocycles. The minimum Gasteiger partial charge on any atom is -0.389 e. The molecule has 1 aliphatic rings. The van der Waals surface area contributed by atoms with Crippen LogP contribution in [0.2, 0.25) is 0 Å². The van der Waals surface area contributed by atoms with Gasteiger partial charge in [-0.25, -0.2) is 0 Å². The number of hydrogen-bond acceptors (Lipinski definition) is 3. The second kappa shape index (κ2) is 8.20. The Morgan fingerprint density at radius 1 is 1.30 bits per heavy atom. The second-order valence-electron chi connectivity index (χ2n) is 5.73. The number of benzene rings is 1. The first-order valence-corrected chi connectivity index (χ1v) is 8.51. The average Bonchev–Trinajstić information content (AvgIpc) is 2.46. The summed E-state index contributed by atoms with van der Waals surface area (Å²) in [7, 11) is 0. The zero-order valence-corrected chi connectivity index (χ0v) is 14.2. The fraction of sp³-hybridized carbons (Fsp3) is 0.625. The van der Waals surface area contributed by atoms with Crippen LogP contribution in [0.4, 0.5) is 5.69 Å². The summed E-state index contributed by atoms with van der Waals surface area (Å²) in [5, 5.41) is 13.3. The molecule has 0 bridgehead atoms. The van der Waals surface area contributed by atoms with Crippen LogP contribution in [0.1, 0.15) is 32.6 Å². The third-order valence-corrected chi connectivity index (χ3v) is 4.83. The van der Waals surface area contributed by atoms with Crippen molar-refractivity contribution in [2.24, 2.45) is 5.92 Å². The summed E-state index contributed by atoms with van der Waals surface area (Å²) in [6.45, 7) is 3.26. The van der Waals surface area contributed by atoms with E-state index in [1.165, 1.54) is 16.4 Å². The number of ether oxygens (including phenoxy) is 1. The maximum absolute atomic E-state index is 9.99. The molecule has 2 rings (SSSR count). The lowest BCUT2D eigenvalue weighted by Crippen LogP contribution is -2.29. The van der Waals surface area contributed by atoms with Gasteiger partial charge in [0, 0.05) is 15.8 Å². The Morgan fingerprint density at radius 2 is 2.00 bits per heavy atom. The first kappa shape index (κ1) is 16.0. The van der Waals surface area contributed by atoms with Gasteiger partial charge in [0.25, 0.3) is 0 Å². The highest BCUT2D eigenvalue weighted by molar-refractivity contribution is 14.1. The van der Waals surface area contributed by atoms with Crippen molar-refractivity contribution < 1.29 is 9.84 Å². The van der Waals surface area contributed by atoms with Crippen molar-refractivity contribution in [3.63, 3.8) is 0 Å². The summed E-state index contributed by atoms with van der Waals surface area (Å²) in [4.78, 5) is 0. The zero-order valence-electron chi connectivity index (χ0n) is 12.0. The van der Waals surface area contributed by atoms with Gasteiger partial charge in [-0.2, -0.15) is 0 Å². The highest BCUT2D eigenvalue weighted by Gasteiger charge is 2.19. The lowest BCUT2D eigenvalue weighted by atomic mass is 9.89. The molecule has 4 heteroatoms. The van der Waals surface area contributed by atoms with Crippen LogP contribution >= 0.6 is 22.6 Å². The number of rotatable bonds is 6. The Morgan fingerprint density at radius 3 is 2.70 bits per heavy atom. The standard InChI is InChI=1S/C16H24INO2/c1-12-6-8-14(9-7-12)20-11-13(19)10-18-16-5-3-2-4-15(16)17/h2-5,12-14,18-19H,6-11H2,1H3. The van der Waals surface area contributed by atoms with Gasteiger partial charge < -0.3 is 15.2 Å². The summed E-state index contributed by atoms with van der Waals surface area (Å²) in [6, 6.07) is 8.08. The van der Waals surface area contributed by atoms with Gasteiger partial charge in [-0.1, -0.05) is 19.1 Å². The molecule has 3 nitrogen and oxygen atoms in total. The monoisotopic (exact) mass is 389 g/mol. The molecule has 0 heterocycles. The van der Waals surface area contributed by atoms with Crippen LogP contribution in [-0.2, 0) is 4.74 Å². The molecular weight excluding hydrogens is 365 g/mol. The smallest absolute Gasteiger partial charge is 0.0945 e. The van der Waals surface area contributed by atoms with Crippen molar-refractivity contribution in [3.05, 3.63) is 27.8 Å². The molecule has 0 amide bonds. The largest absolute Gasteiger partial charge is 0.389 e. The number of halogens is 1. The van der Waals surface area contributed by atoms with E-state index in [-0.39, 0.29) is 0 Å². The number of hydrogen-bond donors (Lipinski definition) is 2. The number of aliphatic hydroxyl groups excluding tert-OH is 1. The normalized spacial score (nSPS) is 24.4. The van der Waals surface area contributed by atoms with Crippen LogP contribution in [0.15, 0.2) is 24.3 Å². The maximum Gasteiger partial charge on any atom is 0.0945 e. The number of anilines is 1. The van der Waals surface area contributed by atoms with Gasteiger partial charge in [0.15, 0.2) is 0 Å². The topological polar surface area (TPSA) is 41.5 Å². The molecule has 1 atom stereocenters. The van der Waals surface area contributed by atoms with Gasteiger partial charge >= 0.3 is 0 Å². The fourth-order valence-electron chi connectivity index (χ4n) is 2.53. The SMILES string of the molecule is CC1CCC(OCC(O)CNc2ccccc2I)CC1. The van der Waals surface area contributed by atoms with Crippen LogP contribution in [0.25, 0.3) is 0 Å². The van der Waals surface area contributed by atoms with E-state index in [0.717, 1.165) is 24.4 Å². The van der Waals surface area contributed by atoms with Crippen molar-refractivity contribution in [3.8, 4) is 0 Å². The molecule has 2 N–H and O–H groups in total. The van der Waals surface area contributed by atoms with Crippen LogP contribution in [-0.4, -0.2) is 30.5 Å². The average molecular weight is 389 g/mol. The summed E-state index contributed by atoms with van der Waals surface area (Å²) < 4.78 is 6.99. The molecule has 0 spiro atoms. The first-order valence-electron chi connectivity index (χ1n) is 7.43. The minimum absolute atomic E-state index is 0.345. The maximum atomic E-state index is 9.99. The van der Waals surface area contributed by atoms with E-state index >= 15 is 0 Å². The molecule has 0 radical (unpaired) electrons. The Balaban J connectivity index is 1.65. The summed E-state index contributed by atoms with van der Waals surface area (Å²) >= 11 is 2.29. The highest BCUT2D eigenvalue weighted by Crippen LogP contribution is 2.25. The van der Waals surface area contributed by atoms with Crippen molar-refractivity contribution in [2.45, 2.75) is 44.8 Å². The molecule has 0 aliphatic heterocycles. The summed E-state index contributed by atoms with van der Waals surface area (Å²) in [5.74, 6) is 0.835. The molecule has 1 fully saturated rings. The van der Waals surface area contributed by atoms with Gasteiger partial charge in [-0.15, -0.1) is 0 Å². The Kier molecular flexibility index (Phi) is 6.58. The number of nitrogens with one attached hydrogen (secondary N) is 1. The van der Waals surface area contributed by atoms with E-state index < -0.39 is 6.10 Å². The van der Waals surface area contributed by atoms with Crippen LogP contribution < -0.4 is 5.32 Å². The van der Waals surface area contributed by atoms with Crippen LogP contribution in [0, 0.1) is 9.49 Å². The van der Waals surface area contributed by atoms with Gasteiger partial charge in [0.1, 0.15) is 0 Å². The van der Waals surface area contributed by atoms with Gasteiger partial charge in [0.2, 0.25) is 0 Å². The van der Waals surface area contributed by atoms with E-state index in [4.69, 9.17) is 4.74 Å². The van der Waals surface area contributed by atoms with Crippen molar-refractivity contribution >= 4 is 28.3 Å². The molecule has 1 unspecified atom stereocenters. The summed E-state index contributed by atoms with van der Waals surface area (Å²) in [6.07, 6.45) is 4.67. The molecule has 112 valence electrons. The molecule has 1 aliphatic carbocycles. The molecule has 1 aromatic rings. The lowest BCUT2D eigenvalue weighted by Gasteiger charge is -2.27. The Bertz CT molecular complexity index is 405. The number of aliphatic hydroxyl groups is 1. The molecular formula is C16H24INO2. The number of para-hydroxylation sites is 1. The predicted molar refractivity (Wildman–Crippen MR) is 91.0 cm³/mol. The molecule has 1 saturated carbocycles. The van der Waals surface area contributed by atoms with Gasteiger partial charge in [-0.3, -0.25) is 0 Å². The van der Waals surface area contributed by atoms with E-state index in [0.29, 0.717) is 19.3 Å². The second-order valence-corrected chi connectivity index (χ2v) is 6.89. The quantitative estimate of drug-likeness (QED) is 0.730. The Labute approximate surface area is 135 Å². The van der Waals surface area contributed by atoms with Crippen molar-refractivity contribution in [1.29, 1.82) is 0 Å². The van der Waals surface area contributed by atoms with Crippen molar-refractivity contribution in [2.75, 3.05) is 18.5 Å². The third-order valence-electron chi connectivity index (χ3n) is 3.89. The third kappa shape index (κ3) is 5.22. The van der Waals surface area contributed by atoms with Gasteiger partial charge in [0.05, 0.1) is 18.8 Å². The van der Waals surface area contributed by atoms with E-state index in [1.807, 2.05) is 18.2 Å². The molecule has 1 aromatic carbocycles. The lowest BCUT2D eigenvalue weighted by molar-refractivity contribution is -0.0245. The first-order chi connectivity index (χ1) is 9.65.